The molecule has 0 aliphatic rings. The van der Waals surface area contributed by atoms with Crippen molar-refractivity contribution in [2.45, 2.75) is 26.9 Å². The third-order valence-corrected chi connectivity index (χ3v) is 2.63. The summed E-state index contributed by atoms with van der Waals surface area (Å²) in [5.74, 6) is 1.76. The van der Waals surface area contributed by atoms with Gasteiger partial charge in [-0.3, -0.25) is 0 Å². The molecule has 0 aliphatic heterocycles. The van der Waals surface area contributed by atoms with Crippen LogP contribution in [0.4, 0.5) is 5.69 Å². The summed E-state index contributed by atoms with van der Waals surface area (Å²) in [6, 6.07) is 9.20. The highest BCUT2D eigenvalue weighted by atomic mass is 16.5. The summed E-state index contributed by atoms with van der Waals surface area (Å²) in [6.07, 6.45) is 1.73. The lowest BCUT2D eigenvalue weighted by atomic mass is 10.2. The van der Waals surface area contributed by atoms with E-state index in [9.17, 15) is 0 Å². The molecule has 2 rings (SSSR count). The van der Waals surface area contributed by atoms with Crippen molar-refractivity contribution in [2.75, 3.05) is 5.73 Å². The molecule has 2 aromatic rings. The molecule has 0 spiro atoms. The maximum atomic E-state index is 5.86. The minimum atomic E-state index is 0.0634. The molecular formula is C15H18N2O2. The molecule has 0 atom stereocenters. The van der Waals surface area contributed by atoms with Gasteiger partial charge in [0.15, 0.2) is 5.75 Å². The van der Waals surface area contributed by atoms with Crippen molar-refractivity contribution in [1.82, 2.24) is 4.98 Å². The molecule has 1 heterocycles. The fourth-order valence-corrected chi connectivity index (χ4v) is 1.64. The van der Waals surface area contributed by atoms with Crippen molar-refractivity contribution in [1.29, 1.82) is 0 Å². The summed E-state index contributed by atoms with van der Waals surface area (Å²) in [4.78, 5) is 4.21. The fourth-order valence-electron chi connectivity index (χ4n) is 1.64. The maximum Gasteiger partial charge on any atom is 0.262 e. The lowest BCUT2D eigenvalue weighted by Crippen LogP contribution is -2.07. The number of nitrogens with two attached hydrogens (primary N) is 1. The lowest BCUT2D eigenvalue weighted by molar-refractivity contribution is 0.231. The van der Waals surface area contributed by atoms with Gasteiger partial charge in [-0.15, -0.1) is 0 Å². The molecule has 0 radical (unpaired) electrons. The number of hydrogen-bond donors (Lipinski definition) is 1. The first kappa shape index (κ1) is 13.2. The Bertz CT molecular complexity index is 568. The molecule has 0 saturated heterocycles. The van der Waals surface area contributed by atoms with Gasteiger partial charge in [0.2, 0.25) is 0 Å². The van der Waals surface area contributed by atoms with Gasteiger partial charge in [-0.05, 0) is 45.0 Å². The first-order valence-corrected chi connectivity index (χ1v) is 6.22. The van der Waals surface area contributed by atoms with Gasteiger partial charge in [-0.2, -0.15) is 0 Å². The first-order valence-electron chi connectivity index (χ1n) is 6.22. The van der Waals surface area contributed by atoms with Crippen LogP contribution in [0.2, 0.25) is 0 Å². The second kappa shape index (κ2) is 5.61. The number of anilines is 1. The molecule has 0 saturated carbocycles. The van der Waals surface area contributed by atoms with E-state index in [1.165, 1.54) is 0 Å². The second-order valence-electron chi connectivity index (χ2n) is 4.55. The van der Waals surface area contributed by atoms with Crippen LogP contribution in [-0.4, -0.2) is 11.1 Å². The van der Waals surface area contributed by atoms with Gasteiger partial charge in [0, 0.05) is 17.4 Å². The van der Waals surface area contributed by atoms with Crippen LogP contribution in [0.25, 0.3) is 0 Å². The number of nitrogens with zero attached hydrogens (tertiary/aromatic N) is 1. The lowest BCUT2D eigenvalue weighted by Gasteiger charge is -2.14. The van der Waals surface area contributed by atoms with Gasteiger partial charge in [-0.25, -0.2) is 4.98 Å². The largest absolute Gasteiger partial charge is 0.485 e. The van der Waals surface area contributed by atoms with Gasteiger partial charge in [0.05, 0.1) is 6.10 Å². The van der Waals surface area contributed by atoms with Crippen LogP contribution in [-0.2, 0) is 0 Å². The zero-order chi connectivity index (χ0) is 13.8. The van der Waals surface area contributed by atoms with E-state index in [-0.39, 0.29) is 6.10 Å². The summed E-state index contributed by atoms with van der Waals surface area (Å²) in [6.45, 7) is 5.83. The molecule has 0 bridgehead atoms. The number of rotatable bonds is 4. The van der Waals surface area contributed by atoms with E-state index in [0.717, 1.165) is 5.56 Å². The van der Waals surface area contributed by atoms with Crippen molar-refractivity contribution in [2.24, 2.45) is 0 Å². The van der Waals surface area contributed by atoms with Crippen molar-refractivity contribution in [3.8, 4) is 17.4 Å². The van der Waals surface area contributed by atoms with Gasteiger partial charge < -0.3 is 15.2 Å². The first-order chi connectivity index (χ1) is 9.08. The molecule has 2 N–H and O–H groups in total. The monoisotopic (exact) mass is 258 g/mol. The maximum absolute atomic E-state index is 5.86. The highest BCUT2D eigenvalue weighted by Crippen LogP contribution is 2.32. The van der Waals surface area contributed by atoms with Crippen LogP contribution in [0.5, 0.6) is 17.4 Å². The molecule has 19 heavy (non-hydrogen) atoms. The van der Waals surface area contributed by atoms with Crippen LogP contribution in [0.1, 0.15) is 19.4 Å². The van der Waals surface area contributed by atoms with Crippen molar-refractivity contribution >= 4 is 5.69 Å². The van der Waals surface area contributed by atoms with Crippen LogP contribution < -0.4 is 15.2 Å². The van der Waals surface area contributed by atoms with Gasteiger partial charge in [0.25, 0.3) is 5.88 Å². The number of benzene rings is 1. The molecular weight excluding hydrogens is 240 g/mol. The minimum absolute atomic E-state index is 0.0634. The highest BCUT2D eigenvalue weighted by molar-refractivity contribution is 5.54. The second-order valence-corrected chi connectivity index (χ2v) is 4.55. The van der Waals surface area contributed by atoms with E-state index in [4.69, 9.17) is 15.2 Å². The molecule has 4 heteroatoms. The topological polar surface area (TPSA) is 57.4 Å². The Morgan fingerprint density at radius 2 is 1.84 bits per heavy atom. The Kier molecular flexibility index (Phi) is 3.90. The Labute approximate surface area is 113 Å². The summed E-state index contributed by atoms with van der Waals surface area (Å²) < 4.78 is 11.5. The minimum Gasteiger partial charge on any atom is -0.485 e. The third kappa shape index (κ3) is 3.16. The van der Waals surface area contributed by atoms with Crippen molar-refractivity contribution in [3.63, 3.8) is 0 Å². The Hall–Kier alpha value is -2.23. The molecule has 0 fully saturated rings. The van der Waals surface area contributed by atoms with Gasteiger partial charge in [-0.1, -0.05) is 6.07 Å². The van der Waals surface area contributed by atoms with Crippen molar-refractivity contribution < 1.29 is 9.47 Å². The molecule has 1 aromatic carbocycles. The zero-order valence-corrected chi connectivity index (χ0v) is 11.4. The molecule has 0 aliphatic carbocycles. The van der Waals surface area contributed by atoms with Crippen LogP contribution in [0.15, 0.2) is 36.5 Å². The van der Waals surface area contributed by atoms with E-state index in [1.807, 2.05) is 51.1 Å². The molecule has 0 amide bonds. The predicted octanol–water partition coefficient (Wildman–Crippen LogP) is 3.55. The highest BCUT2D eigenvalue weighted by Gasteiger charge is 2.11. The average Bonchev–Trinajstić information content (AvgIpc) is 2.36. The molecule has 0 unspecified atom stereocenters. The van der Waals surface area contributed by atoms with E-state index in [1.54, 1.807) is 6.20 Å². The van der Waals surface area contributed by atoms with Crippen LogP contribution in [0.3, 0.4) is 0 Å². The molecule has 1 aromatic heterocycles. The fraction of sp³-hybridized carbons (Fsp3) is 0.267. The quantitative estimate of drug-likeness (QED) is 0.852. The van der Waals surface area contributed by atoms with Crippen LogP contribution in [0, 0.1) is 6.92 Å². The van der Waals surface area contributed by atoms with Crippen LogP contribution >= 0.6 is 0 Å². The normalized spacial score (nSPS) is 10.5. The number of nitrogen functional groups attached to an aromatic ring is 1. The van der Waals surface area contributed by atoms with Gasteiger partial charge >= 0.3 is 0 Å². The number of hydrogen-bond acceptors (Lipinski definition) is 4. The SMILES string of the molecule is Cc1c(N)cccc1Oc1ncccc1OC(C)C. The zero-order valence-electron chi connectivity index (χ0n) is 11.4. The average molecular weight is 258 g/mol. The van der Waals surface area contributed by atoms with E-state index < -0.39 is 0 Å². The Balaban J connectivity index is 2.30. The van der Waals surface area contributed by atoms with Crippen molar-refractivity contribution in [3.05, 3.63) is 42.1 Å². The number of pyridine rings is 1. The molecule has 100 valence electrons. The van der Waals surface area contributed by atoms with Gasteiger partial charge in [0.1, 0.15) is 5.75 Å². The Morgan fingerprint density at radius 1 is 1.11 bits per heavy atom. The summed E-state index contributed by atoms with van der Waals surface area (Å²) >= 11 is 0. The number of ether oxygens (including phenoxy) is 2. The van der Waals surface area contributed by atoms with E-state index in [0.29, 0.717) is 23.1 Å². The summed E-state index contributed by atoms with van der Waals surface area (Å²) in [5, 5.41) is 0. The van der Waals surface area contributed by atoms with E-state index in [2.05, 4.69) is 4.98 Å². The smallest absolute Gasteiger partial charge is 0.262 e. The standard InChI is InChI=1S/C15H18N2O2/c1-10(2)18-14-8-5-9-17-15(14)19-13-7-4-6-12(16)11(13)3/h4-10H,16H2,1-3H3. The summed E-state index contributed by atoms with van der Waals surface area (Å²) in [5.41, 5.74) is 7.45. The number of aromatic nitrogens is 1. The van der Waals surface area contributed by atoms with E-state index >= 15 is 0 Å². The molecule has 4 nitrogen and oxygen atoms in total. The Morgan fingerprint density at radius 3 is 2.58 bits per heavy atom. The summed E-state index contributed by atoms with van der Waals surface area (Å²) in [7, 11) is 0. The predicted molar refractivity (Wildman–Crippen MR) is 75.7 cm³/mol. The third-order valence-electron chi connectivity index (χ3n) is 2.63.